The third kappa shape index (κ3) is 6.91. The predicted molar refractivity (Wildman–Crippen MR) is 119 cm³/mol. The number of ether oxygens (including phenoxy) is 1. The number of rotatable bonds is 8. The fourth-order valence-electron chi connectivity index (χ4n) is 3.36. The van der Waals surface area contributed by atoms with Gasteiger partial charge in [0.05, 0.1) is 6.61 Å². The minimum Gasteiger partial charge on any atom is -0.494 e. The van der Waals surface area contributed by atoms with Gasteiger partial charge in [0.25, 0.3) is 0 Å². The van der Waals surface area contributed by atoms with Crippen LogP contribution in [0.2, 0.25) is 5.02 Å². The van der Waals surface area contributed by atoms with E-state index < -0.39 is 0 Å². The first-order valence-electron chi connectivity index (χ1n) is 10.2. The zero-order valence-electron chi connectivity index (χ0n) is 17.0. The van der Waals surface area contributed by atoms with Crippen molar-refractivity contribution in [3.05, 3.63) is 70.8 Å². The van der Waals surface area contributed by atoms with E-state index in [0.29, 0.717) is 13.0 Å². The van der Waals surface area contributed by atoms with Gasteiger partial charge in [0.15, 0.2) is 0 Å². The van der Waals surface area contributed by atoms with E-state index in [1.54, 1.807) is 0 Å². The summed E-state index contributed by atoms with van der Waals surface area (Å²) >= 11 is 6.02. The summed E-state index contributed by atoms with van der Waals surface area (Å²) in [5.41, 5.74) is 2.22. The number of hydrogen-bond donors (Lipinski definition) is 0. The highest BCUT2D eigenvalue weighted by molar-refractivity contribution is 6.31. The molecule has 4 nitrogen and oxygen atoms in total. The lowest BCUT2D eigenvalue weighted by molar-refractivity contribution is -0.133. The third-order valence-electron chi connectivity index (χ3n) is 5.13. The quantitative estimate of drug-likeness (QED) is 0.591. The number of amides is 1. The molecule has 0 unspecified atom stereocenters. The van der Waals surface area contributed by atoms with Crippen molar-refractivity contribution >= 4 is 23.6 Å². The molecule has 1 saturated heterocycles. The number of benzene rings is 2. The molecular weight excluding hydrogens is 384 g/mol. The van der Waals surface area contributed by atoms with Crippen LogP contribution in [0.1, 0.15) is 24.0 Å². The molecule has 29 heavy (non-hydrogen) atoms. The summed E-state index contributed by atoms with van der Waals surface area (Å²) in [7, 11) is 0. The van der Waals surface area contributed by atoms with Gasteiger partial charge in [0.2, 0.25) is 5.91 Å². The van der Waals surface area contributed by atoms with Gasteiger partial charge >= 0.3 is 0 Å². The Morgan fingerprint density at radius 3 is 2.59 bits per heavy atom. The monoisotopic (exact) mass is 412 g/mol. The zero-order valence-corrected chi connectivity index (χ0v) is 17.8. The van der Waals surface area contributed by atoms with E-state index in [1.165, 1.54) is 5.56 Å². The molecule has 1 heterocycles. The van der Waals surface area contributed by atoms with E-state index in [1.807, 2.05) is 48.2 Å². The molecule has 0 N–H and O–H groups in total. The molecule has 0 spiro atoms. The van der Waals surface area contributed by atoms with Crippen molar-refractivity contribution in [3.8, 4) is 5.75 Å². The average molecular weight is 413 g/mol. The van der Waals surface area contributed by atoms with E-state index >= 15 is 0 Å². The van der Waals surface area contributed by atoms with Crippen LogP contribution in [0.25, 0.3) is 6.08 Å². The van der Waals surface area contributed by atoms with Crippen LogP contribution in [-0.4, -0.2) is 55.0 Å². The van der Waals surface area contributed by atoms with Crippen molar-refractivity contribution in [2.75, 3.05) is 39.3 Å². The molecule has 154 valence electrons. The minimum atomic E-state index is 0.223. The molecule has 1 aliphatic rings. The predicted octanol–water partition coefficient (Wildman–Crippen LogP) is 4.67. The van der Waals surface area contributed by atoms with Crippen LogP contribution >= 0.6 is 11.6 Å². The molecule has 0 aliphatic carbocycles. The molecule has 2 aromatic rings. The summed E-state index contributed by atoms with van der Waals surface area (Å²) in [6, 6.07) is 16.0. The first-order valence-corrected chi connectivity index (χ1v) is 10.6. The zero-order chi connectivity index (χ0) is 20.5. The highest BCUT2D eigenvalue weighted by Crippen LogP contribution is 2.21. The molecule has 5 heteroatoms. The van der Waals surface area contributed by atoms with E-state index in [4.69, 9.17) is 16.3 Å². The Labute approximate surface area is 178 Å². The number of carbonyl (C=O) groups excluding carboxylic acids is 1. The lowest BCUT2D eigenvalue weighted by Crippen LogP contribution is -2.48. The minimum absolute atomic E-state index is 0.223. The van der Waals surface area contributed by atoms with Crippen LogP contribution in [0.4, 0.5) is 0 Å². The Bertz CT molecular complexity index is 815. The van der Waals surface area contributed by atoms with E-state index in [2.05, 4.69) is 29.2 Å². The Hall–Kier alpha value is -2.30. The van der Waals surface area contributed by atoms with Gasteiger partial charge in [0.1, 0.15) is 5.75 Å². The van der Waals surface area contributed by atoms with Gasteiger partial charge in [-0.05, 0) is 42.7 Å². The third-order valence-corrected chi connectivity index (χ3v) is 5.56. The molecule has 0 aromatic heterocycles. The van der Waals surface area contributed by atoms with Gasteiger partial charge in [-0.1, -0.05) is 54.1 Å². The first-order chi connectivity index (χ1) is 14.1. The van der Waals surface area contributed by atoms with Crippen molar-refractivity contribution < 1.29 is 9.53 Å². The normalized spacial score (nSPS) is 15.0. The second-order valence-electron chi connectivity index (χ2n) is 7.36. The molecule has 0 atom stereocenters. The van der Waals surface area contributed by atoms with Crippen LogP contribution in [-0.2, 0) is 4.79 Å². The number of aryl methyl sites for hydroxylation is 1. The molecule has 0 bridgehead atoms. The number of halogens is 1. The summed E-state index contributed by atoms with van der Waals surface area (Å²) in [6.45, 7) is 6.86. The largest absolute Gasteiger partial charge is 0.494 e. The highest BCUT2D eigenvalue weighted by atomic mass is 35.5. The fraction of sp³-hybridized carbons (Fsp3) is 0.375. The smallest absolute Gasteiger partial charge is 0.222 e. The Balaban J connectivity index is 1.31. The van der Waals surface area contributed by atoms with E-state index in [-0.39, 0.29) is 5.91 Å². The molecular formula is C24H29ClN2O2. The highest BCUT2D eigenvalue weighted by Gasteiger charge is 2.19. The molecule has 2 aromatic carbocycles. The summed E-state index contributed by atoms with van der Waals surface area (Å²) < 4.78 is 5.73. The summed E-state index contributed by atoms with van der Waals surface area (Å²) in [6.07, 6.45) is 5.60. The van der Waals surface area contributed by atoms with Crippen LogP contribution < -0.4 is 4.74 Å². The van der Waals surface area contributed by atoms with Crippen LogP contribution in [0, 0.1) is 6.92 Å². The van der Waals surface area contributed by atoms with E-state index in [9.17, 15) is 4.79 Å². The van der Waals surface area contributed by atoms with Gasteiger partial charge < -0.3 is 9.64 Å². The number of carbonyl (C=O) groups is 1. The standard InChI is InChI=1S/C24H29ClN2O2/c1-20-19-22(11-12-23(20)25)29-18-6-10-24(28)27-16-14-26(15-17-27)13-5-9-21-7-3-2-4-8-21/h2-5,7-9,11-12,19H,6,10,13-18H2,1H3/b9-5+. The second kappa shape index (κ2) is 11.0. The molecule has 1 fully saturated rings. The maximum atomic E-state index is 12.4. The number of hydrogen-bond acceptors (Lipinski definition) is 3. The number of nitrogens with zero attached hydrogens (tertiary/aromatic N) is 2. The Kier molecular flexibility index (Phi) is 8.14. The summed E-state index contributed by atoms with van der Waals surface area (Å²) in [5.74, 6) is 1.02. The Morgan fingerprint density at radius 1 is 1.10 bits per heavy atom. The van der Waals surface area contributed by atoms with Crippen LogP contribution in [0.5, 0.6) is 5.75 Å². The topological polar surface area (TPSA) is 32.8 Å². The molecule has 0 saturated carbocycles. The van der Waals surface area contributed by atoms with Crippen molar-refractivity contribution in [3.63, 3.8) is 0 Å². The lowest BCUT2D eigenvalue weighted by atomic mass is 10.2. The molecule has 0 radical (unpaired) electrons. The summed E-state index contributed by atoms with van der Waals surface area (Å²) in [5, 5.41) is 0.738. The lowest BCUT2D eigenvalue weighted by Gasteiger charge is -2.34. The van der Waals surface area contributed by atoms with Gasteiger partial charge in [-0.3, -0.25) is 9.69 Å². The van der Waals surface area contributed by atoms with Crippen molar-refractivity contribution in [1.29, 1.82) is 0 Å². The number of piperazine rings is 1. The molecule has 3 rings (SSSR count). The Morgan fingerprint density at radius 2 is 1.86 bits per heavy atom. The maximum Gasteiger partial charge on any atom is 0.222 e. The average Bonchev–Trinajstić information content (AvgIpc) is 2.75. The SMILES string of the molecule is Cc1cc(OCCCC(=O)N2CCN(C/C=C/c3ccccc3)CC2)ccc1Cl. The maximum absolute atomic E-state index is 12.4. The molecule has 1 aliphatic heterocycles. The van der Waals surface area contributed by atoms with E-state index in [0.717, 1.165) is 55.5 Å². The van der Waals surface area contributed by atoms with Crippen LogP contribution in [0.3, 0.4) is 0 Å². The fourth-order valence-corrected chi connectivity index (χ4v) is 3.48. The van der Waals surface area contributed by atoms with Gasteiger partial charge in [0, 0.05) is 44.2 Å². The van der Waals surface area contributed by atoms with Crippen molar-refractivity contribution in [2.24, 2.45) is 0 Å². The van der Waals surface area contributed by atoms with Crippen molar-refractivity contribution in [2.45, 2.75) is 19.8 Å². The van der Waals surface area contributed by atoms with Crippen LogP contribution in [0.15, 0.2) is 54.6 Å². The second-order valence-corrected chi connectivity index (χ2v) is 7.76. The summed E-state index contributed by atoms with van der Waals surface area (Å²) in [4.78, 5) is 16.8. The first kappa shape index (κ1) is 21.4. The van der Waals surface area contributed by atoms with Gasteiger partial charge in [-0.15, -0.1) is 0 Å². The molecule has 1 amide bonds. The van der Waals surface area contributed by atoms with Gasteiger partial charge in [-0.25, -0.2) is 0 Å². The van der Waals surface area contributed by atoms with Gasteiger partial charge in [-0.2, -0.15) is 0 Å². The van der Waals surface area contributed by atoms with Crippen molar-refractivity contribution in [1.82, 2.24) is 9.80 Å².